The zero-order valence-electron chi connectivity index (χ0n) is 11.6. The van der Waals surface area contributed by atoms with Gasteiger partial charge in [-0.1, -0.05) is 19.1 Å². The number of hydrogen-bond acceptors (Lipinski definition) is 3. The van der Waals surface area contributed by atoms with Crippen molar-refractivity contribution < 1.29 is 4.42 Å². The van der Waals surface area contributed by atoms with Crippen LogP contribution in [0.25, 0.3) is 0 Å². The van der Waals surface area contributed by atoms with Crippen molar-refractivity contribution in [2.75, 3.05) is 12.3 Å². The molecule has 0 bridgehead atoms. The number of furan rings is 1. The van der Waals surface area contributed by atoms with E-state index >= 15 is 0 Å². The first kappa shape index (κ1) is 13.7. The molecule has 3 N–H and O–H groups in total. The first-order valence-electron chi connectivity index (χ1n) is 6.76. The predicted molar refractivity (Wildman–Crippen MR) is 79.0 cm³/mol. The van der Waals surface area contributed by atoms with E-state index in [1.165, 1.54) is 5.56 Å². The van der Waals surface area contributed by atoms with E-state index in [0.717, 1.165) is 36.7 Å². The van der Waals surface area contributed by atoms with Gasteiger partial charge in [0.1, 0.15) is 11.5 Å². The van der Waals surface area contributed by atoms with Crippen LogP contribution in [0, 0.1) is 6.92 Å². The van der Waals surface area contributed by atoms with E-state index in [-0.39, 0.29) is 0 Å². The van der Waals surface area contributed by atoms with E-state index in [1.54, 1.807) is 0 Å². The normalized spacial score (nSPS) is 12.5. The molecule has 3 heteroatoms. The van der Waals surface area contributed by atoms with E-state index < -0.39 is 0 Å². The van der Waals surface area contributed by atoms with Crippen molar-refractivity contribution in [1.29, 1.82) is 0 Å². The molecule has 1 aromatic heterocycles. The number of rotatable bonds is 6. The maximum atomic E-state index is 5.69. The minimum atomic E-state index is 0.534. The molecule has 0 radical (unpaired) electrons. The van der Waals surface area contributed by atoms with Crippen molar-refractivity contribution in [2.45, 2.75) is 32.7 Å². The van der Waals surface area contributed by atoms with Crippen LogP contribution in [0.15, 0.2) is 40.8 Å². The number of nitrogen functional groups attached to an aromatic ring is 1. The molecule has 102 valence electrons. The van der Waals surface area contributed by atoms with Gasteiger partial charge < -0.3 is 15.5 Å². The lowest BCUT2D eigenvalue weighted by Gasteiger charge is -2.12. The van der Waals surface area contributed by atoms with Crippen LogP contribution in [-0.4, -0.2) is 6.54 Å². The van der Waals surface area contributed by atoms with E-state index in [2.05, 4.69) is 24.4 Å². The van der Waals surface area contributed by atoms with Crippen molar-refractivity contribution >= 4 is 5.69 Å². The summed E-state index contributed by atoms with van der Waals surface area (Å²) in [5.74, 6) is 2.50. The van der Waals surface area contributed by atoms with Gasteiger partial charge in [-0.25, -0.2) is 0 Å². The Morgan fingerprint density at radius 1 is 1.16 bits per heavy atom. The molecule has 1 unspecified atom stereocenters. The van der Waals surface area contributed by atoms with Gasteiger partial charge in [-0.05, 0) is 55.6 Å². The number of benzene rings is 1. The molecule has 2 aromatic rings. The number of anilines is 1. The number of hydrogen-bond donors (Lipinski definition) is 2. The first-order valence-corrected chi connectivity index (χ1v) is 6.76. The van der Waals surface area contributed by atoms with Gasteiger partial charge in [0.25, 0.3) is 0 Å². The monoisotopic (exact) mass is 258 g/mol. The third kappa shape index (κ3) is 4.14. The van der Waals surface area contributed by atoms with Gasteiger partial charge in [0.2, 0.25) is 0 Å². The number of nitrogens with one attached hydrogen (secondary N) is 1. The second-order valence-corrected chi connectivity index (χ2v) is 5.05. The van der Waals surface area contributed by atoms with E-state index in [0.29, 0.717) is 5.92 Å². The summed E-state index contributed by atoms with van der Waals surface area (Å²) in [5.41, 5.74) is 7.85. The lowest BCUT2D eigenvalue weighted by atomic mass is 9.98. The molecule has 2 rings (SSSR count). The zero-order chi connectivity index (χ0) is 13.7. The molecular weight excluding hydrogens is 236 g/mol. The Bertz CT molecular complexity index is 502. The lowest BCUT2D eigenvalue weighted by Crippen LogP contribution is -2.16. The molecule has 0 saturated heterocycles. The van der Waals surface area contributed by atoms with E-state index in [4.69, 9.17) is 10.2 Å². The molecule has 1 heterocycles. The molecule has 1 aromatic carbocycles. The highest BCUT2D eigenvalue weighted by Gasteiger charge is 2.05. The summed E-state index contributed by atoms with van der Waals surface area (Å²) in [5, 5.41) is 3.41. The summed E-state index contributed by atoms with van der Waals surface area (Å²) >= 11 is 0. The molecule has 0 spiro atoms. The molecule has 1 atom stereocenters. The Labute approximate surface area is 114 Å². The molecule has 19 heavy (non-hydrogen) atoms. The van der Waals surface area contributed by atoms with E-state index in [1.807, 2.05) is 31.2 Å². The average Bonchev–Trinajstić information content (AvgIpc) is 2.81. The van der Waals surface area contributed by atoms with Gasteiger partial charge in [-0.3, -0.25) is 0 Å². The van der Waals surface area contributed by atoms with Gasteiger partial charge in [0.15, 0.2) is 0 Å². The highest BCUT2D eigenvalue weighted by Crippen LogP contribution is 2.19. The van der Waals surface area contributed by atoms with Gasteiger partial charge in [-0.2, -0.15) is 0 Å². The fourth-order valence-corrected chi connectivity index (χ4v) is 2.10. The summed E-state index contributed by atoms with van der Waals surface area (Å²) < 4.78 is 5.51. The molecular formula is C16H22N2O. The highest BCUT2D eigenvalue weighted by molar-refractivity contribution is 5.40. The summed E-state index contributed by atoms with van der Waals surface area (Å²) in [6.45, 7) is 5.98. The fraction of sp³-hybridized carbons (Fsp3) is 0.375. The molecule has 0 saturated carbocycles. The van der Waals surface area contributed by atoms with Crippen LogP contribution in [0.1, 0.15) is 36.3 Å². The van der Waals surface area contributed by atoms with Crippen molar-refractivity contribution in [2.24, 2.45) is 0 Å². The third-order valence-corrected chi connectivity index (χ3v) is 3.35. The topological polar surface area (TPSA) is 51.2 Å². The van der Waals surface area contributed by atoms with Crippen LogP contribution in [-0.2, 0) is 6.54 Å². The van der Waals surface area contributed by atoms with Gasteiger partial charge in [0, 0.05) is 5.69 Å². The Balaban J connectivity index is 1.72. The maximum absolute atomic E-state index is 5.69. The molecule has 0 aliphatic rings. The molecule has 0 aliphatic carbocycles. The van der Waals surface area contributed by atoms with E-state index in [9.17, 15) is 0 Å². The summed E-state index contributed by atoms with van der Waals surface area (Å²) in [6, 6.07) is 12.2. The molecule has 0 fully saturated rings. The van der Waals surface area contributed by atoms with Crippen molar-refractivity contribution in [3.8, 4) is 0 Å². The van der Waals surface area contributed by atoms with Crippen LogP contribution in [0.4, 0.5) is 5.69 Å². The van der Waals surface area contributed by atoms with Gasteiger partial charge in [0.05, 0.1) is 6.54 Å². The predicted octanol–water partition coefficient (Wildman–Crippen LogP) is 3.45. The van der Waals surface area contributed by atoms with Crippen LogP contribution in [0.3, 0.4) is 0 Å². The average molecular weight is 258 g/mol. The Morgan fingerprint density at radius 2 is 1.89 bits per heavy atom. The maximum Gasteiger partial charge on any atom is 0.117 e. The van der Waals surface area contributed by atoms with Crippen molar-refractivity contribution in [3.05, 3.63) is 53.5 Å². The van der Waals surface area contributed by atoms with Crippen molar-refractivity contribution in [1.82, 2.24) is 5.32 Å². The second kappa shape index (κ2) is 6.43. The minimum Gasteiger partial charge on any atom is -0.465 e. The smallest absolute Gasteiger partial charge is 0.117 e. The largest absolute Gasteiger partial charge is 0.465 e. The summed E-state index contributed by atoms with van der Waals surface area (Å²) in [7, 11) is 0. The Morgan fingerprint density at radius 3 is 2.53 bits per heavy atom. The van der Waals surface area contributed by atoms with Crippen molar-refractivity contribution in [3.63, 3.8) is 0 Å². The Hall–Kier alpha value is -1.74. The quantitative estimate of drug-likeness (QED) is 0.616. The van der Waals surface area contributed by atoms with Crippen LogP contribution < -0.4 is 11.1 Å². The fourth-order valence-electron chi connectivity index (χ4n) is 2.10. The van der Waals surface area contributed by atoms with Crippen LogP contribution in [0.2, 0.25) is 0 Å². The van der Waals surface area contributed by atoms with Crippen LogP contribution >= 0.6 is 0 Å². The highest BCUT2D eigenvalue weighted by atomic mass is 16.3. The summed E-state index contributed by atoms with van der Waals surface area (Å²) in [6.07, 6.45) is 1.10. The zero-order valence-corrected chi connectivity index (χ0v) is 11.6. The SMILES string of the molecule is Cc1ccc(CNCCC(C)c2ccc(N)cc2)o1. The first-order chi connectivity index (χ1) is 9.15. The Kier molecular flexibility index (Phi) is 4.63. The molecule has 0 aliphatic heterocycles. The lowest BCUT2D eigenvalue weighted by molar-refractivity contribution is 0.457. The number of nitrogens with two attached hydrogens (primary N) is 1. The summed E-state index contributed by atoms with van der Waals surface area (Å²) in [4.78, 5) is 0. The second-order valence-electron chi connectivity index (χ2n) is 5.05. The van der Waals surface area contributed by atoms with Gasteiger partial charge in [-0.15, -0.1) is 0 Å². The third-order valence-electron chi connectivity index (χ3n) is 3.35. The number of aryl methyl sites for hydroxylation is 1. The van der Waals surface area contributed by atoms with Gasteiger partial charge >= 0.3 is 0 Å². The van der Waals surface area contributed by atoms with Crippen LogP contribution in [0.5, 0.6) is 0 Å². The standard InChI is InChI=1S/C16H22N2O/c1-12(14-4-6-15(17)7-5-14)9-10-18-11-16-8-3-13(2)19-16/h3-8,12,18H,9-11,17H2,1-2H3. The molecule has 0 amide bonds. The minimum absolute atomic E-state index is 0.534. The molecule has 3 nitrogen and oxygen atoms in total.